The maximum absolute atomic E-state index is 4.73. The van der Waals surface area contributed by atoms with E-state index in [1.807, 2.05) is 55.7 Å². The molecule has 128 valence electrons. The molecule has 0 aliphatic carbocycles. The first-order chi connectivity index (χ1) is 11.6. The monoisotopic (exact) mass is 324 g/mol. The van der Waals surface area contributed by atoms with Gasteiger partial charge in [-0.05, 0) is 23.1 Å². The van der Waals surface area contributed by atoms with Crippen molar-refractivity contribution in [1.82, 2.24) is 15.2 Å². The molecule has 0 aliphatic rings. The standard InChI is InChI=1S/C20H28N4/c1-16(2)19(18-11-8-12-21-14-18)15-23-20(24(3)4)22-13-17-9-6-5-7-10-17/h5-12,14,16,19H,13,15H2,1-4H3,(H,22,23). The number of hydrogen-bond acceptors (Lipinski definition) is 2. The van der Waals surface area contributed by atoms with Gasteiger partial charge in [0.05, 0.1) is 6.54 Å². The van der Waals surface area contributed by atoms with Crippen LogP contribution in [0.3, 0.4) is 0 Å². The number of nitrogens with zero attached hydrogens (tertiary/aromatic N) is 3. The first-order valence-electron chi connectivity index (χ1n) is 8.47. The fourth-order valence-electron chi connectivity index (χ4n) is 2.64. The summed E-state index contributed by atoms with van der Waals surface area (Å²) >= 11 is 0. The SMILES string of the molecule is CC(C)C(CNC(=NCc1ccccc1)N(C)C)c1cccnc1. The summed E-state index contributed by atoms with van der Waals surface area (Å²) in [6.07, 6.45) is 3.78. The zero-order valence-electron chi connectivity index (χ0n) is 15.1. The Hall–Kier alpha value is -2.36. The van der Waals surface area contributed by atoms with Crippen LogP contribution in [0, 0.1) is 5.92 Å². The lowest BCUT2D eigenvalue weighted by Crippen LogP contribution is -2.39. The summed E-state index contributed by atoms with van der Waals surface area (Å²) in [6, 6.07) is 14.5. The molecule has 0 aliphatic heterocycles. The summed E-state index contributed by atoms with van der Waals surface area (Å²) in [4.78, 5) is 11.0. The van der Waals surface area contributed by atoms with Crippen molar-refractivity contribution in [3.05, 3.63) is 66.0 Å². The Kier molecular flexibility index (Phi) is 6.79. The van der Waals surface area contributed by atoms with E-state index in [4.69, 9.17) is 4.99 Å². The number of hydrogen-bond donors (Lipinski definition) is 1. The summed E-state index contributed by atoms with van der Waals surface area (Å²) in [6.45, 7) is 6.02. The number of rotatable bonds is 6. The number of pyridine rings is 1. The molecule has 4 nitrogen and oxygen atoms in total. The third-order valence-electron chi connectivity index (χ3n) is 4.08. The van der Waals surface area contributed by atoms with E-state index in [9.17, 15) is 0 Å². The topological polar surface area (TPSA) is 40.5 Å². The highest BCUT2D eigenvalue weighted by Crippen LogP contribution is 2.22. The molecule has 1 heterocycles. The second-order valence-electron chi connectivity index (χ2n) is 6.54. The van der Waals surface area contributed by atoms with Gasteiger partial charge in [0.1, 0.15) is 0 Å². The molecular formula is C20H28N4. The number of guanidine groups is 1. The lowest BCUT2D eigenvalue weighted by Gasteiger charge is -2.25. The van der Waals surface area contributed by atoms with Crippen LogP contribution >= 0.6 is 0 Å². The van der Waals surface area contributed by atoms with Gasteiger partial charge in [0.2, 0.25) is 0 Å². The van der Waals surface area contributed by atoms with E-state index in [-0.39, 0.29) is 0 Å². The Morgan fingerprint density at radius 3 is 2.46 bits per heavy atom. The summed E-state index contributed by atoms with van der Waals surface area (Å²) < 4.78 is 0. The second kappa shape index (κ2) is 9.06. The third kappa shape index (κ3) is 5.37. The fraction of sp³-hybridized carbons (Fsp3) is 0.400. The number of nitrogens with one attached hydrogen (secondary N) is 1. The molecule has 0 fully saturated rings. The first-order valence-corrected chi connectivity index (χ1v) is 8.47. The van der Waals surface area contributed by atoms with E-state index < -0.39 is 0 Å². The Labute approximate surface area is 145 Å². The Bertz CT molecular complexity index is 621. The summed E-state index contributed by atoms with van der Waals surface area (Å²) in [7, 11) is 4.04. The van der Waals surface area contributed by atoms with E-state index in [1.165, 1.54) is 11.1 Å². The van der Waals surface area contributed by atoms with Gasteiger partial charge in [-0.15, -0.1) is 0 Å². The van der Waals surface area contributed by atoms with E-state index in [2.05, 4.69) is 42.3 Å². The Morgan fingerprint density at radius 1 is 1.12 bits per heavy atom. The van der Waals surface area contributed by atoms with Gasteiger partial charge in [-0.1, -0.05) is 50.2 Å². The van der Waals surface area contributed by atoms with Crippen LogP contribution in [0.2, 0.25) is 0 Å². The molecule has 1 N–H and O–H groups in total. The summed E-state index contributed by atoms with van der Waals surface area (Å²) in [5, 5.41) is 3.52. The molecule has 1 atom stereocenters. The molecular weight excluding hydrogens is 296 g/mol. The van der Waals surface area contributed by atoms with Gasteiger partial charge in [-0.2, -0.15) is 0 Å². The minimum Gasteiger partial charge on any atom is -0.356 e. The van der Waals surface area contributed by atoms with E-state index in [0.29, 0.717) is 18.4 Å². The van der Waals surface area contributed by atoms with Crippen LogP contribution in [-0.4, -0.2) is 36.5 Å². The van der Waals surface area contributed by atoms with Crippen LogP contribution in [0.25, 0.3) is 0 Å². The van der Waals surface area contributed by atoms with E-state index >= 15 is 0 Å². The second-order valence-corrected chi connectivity index (χ2v) is 6.54. The van der Waals surface area contributed by atoms with Crippen LogP contribution in [0.1, 0.15) is 30.9 Å². The first kappa shape index (κ1) is 18.0. The lowest BCUT2D eigenvalue weighted by atomic mass is 9.89. The van der Waals surface area contributed by atoms with Crippen molar-refractivity contribution < 1.29 is 0 Å². The smallest absolute Gasteiger partial charge is 0.193 e. The van der Waals surface area contributed by atoms with Gasteiger partial charge in [0.25, 0.3) is 0 Å². The van der Waals surface area contributed by atoms with Crippen molar-refractivity contribution in [1.29, 1.82) is 0 Å². The number of benzene rings is 1. The van der Waals surface area contributed by atoms with Crippen LogP contribution < -0.4 is 5.32 Å². The summed E-state index contributed by atoms with van der Waals surface area (Å²) in [5.41, 5.74) is 2.48. The van der Waals surface area contributed by atoms with Crippen molar-refractivity contribution in [2.45, 2.75) is 26.3 Å². The van der Waals surface area contributed by atoms with Gasteiger partial charge in [0, 0.05) is 39.0 Å². The van der Waals surface area contributed by atoms with Crippen LogP contribution in [-0.2, 0) is 6.54 Å². The highest BCUT2D eigenvalue weighted by molar-refractivity contribution is 5.79. The fourth-order valence-corrected chi connectivity index (χ4v) is 2.64. The van der Waals surface area contributed by atoms with Crippen molar-refractivity contribution in [2.24, 2.45) is 10.9 Å². The molecule has 2 rings (SSSR count). The highest BCUT2D eigenvalue weighted by atomic mass is 15.3. The average molecular weight is 324 g/mol. The minimum atomic E-state index is 0.403. The van der Waals surface area contributed by atoms with Gasteiger partial charge >= 0.3 is 0 Å². The van der Waals surface area contributed by atoms with Gasteiger partial charge in [-0.25, -0.2) is 4.99 Å². The lowest BCUT2D eigenvalue weighted by molar-refractivity contribution is 0.474. The van der Waals surface area contributed by atoms with E-state index in [1.54, 1.807) is 0 Å². The van der Waals surface area contributed by atoms with Gasteiger partial charge in [0.15, 0.2) is 5.96 Å². The highest BCUT2D eigenvalue weighted by Gasteiger charge is 2.17. The third-order valence-corrected chi connectivity index (χ3v) is 4.08. The molecule has 0 amide bonds. The van der Waals surface area contributed by atoms with Gasteiger partial charge in [-0.3, -0.25) is 4.98 Å². The number of aliphatic imine (C=N–C) groups is 1. The zero-order chi connectivity index (χ0) is 17.4. The average Bonchev–Trinajstić information content (AvgIpc) is 2.59. The molecule has 4 heteroatoms. The van der Waals surface area contributed by atoms with Crippen molar-refractivity contribution in [3.63, 3.8) is 0 Å². The van der Waals surface area contributed by atoms with Crippen LogP contribution in [0.15, 0.2) is 59.9 Å². The predicted molar refractivity (Wildman–Crippen MR) is 101 cm³/mol. The normalized spacial score (nSPS) is 13.0. The van der Waals surface area contributed by atoms with Crippen LogP contribution in [0.4, 0.5) is 0 Å². The molecule has 0 saturated heterocycles. The predicted octanol–water partition coefficient (Wildman–Crippen LogP) is 3.53. The molecule has 24 heavy (non-hydrogen) atoms. The van der Waals surface area contributed by atoms with Crippen LogP contribution in [0.5, 0.6) is 0 Å². The zero-order valence-corrected chi connectivity index (χ0v) is 15.1. The summed E-state index contributed by atoms with van der Waals surface area (Å²) in [5.74, 6) is 1.84. The maximum Gasteiger partial charge on any atom is 0.193 e. The van der Waals surface area contributed by atoms with Crippen molar-refractivity contribution >= 4 is 5.96 Å². The Balaban J connectivity index is 2.04. The molecule has 1 aromatic carbocycles. The Morgan fingerprint density at radius 2 is 1.88 bits per heavy atom. The molecule has 1 unspecified atom stereocenters. The molecule has 2 aromatic rings. The quantitative estimate of drug-likeness (QED) is 0.653. The largest absolute Gasteiger partial charge is 0.356 e. The molecule has 0 radical (unpaired) electrons. The molecule has 0 saturated carbocycles. The van der Waals surface area contributed by atoms with Gasteiger partial charge < -0.3 is 10.2 Å². The van der Waals surface area contributed by atoms with Crippen molar-refractivity contribution in [3.8, 4) is 0 Å². The molecule has 1 aromatic heterocycles. The van der Waals surface area contributed by atoms with E-state index in [0.717, 1.165) is 12.5 Å². The molecule has 0 spiro atoms. The molecule has 0 bridgehead atoms. The minimum absolute atomic E-state index is 0.403. The van der Waals surface area contributed by atoms with Crippen molar-refractivity contribution in [2.75, 3.05) is 20.6 Å². The maximum atomic E-state index is 4.73. The number of aromatic nitrogens is 1.